The molecule has 4 aromatic rings. The van der Waals surface area contributed by atoms with Gasteiger partial charge >= 0.3 is 5.69 Å². The van der Waals surface area contributed by atoms with Gasteiger partial charge in [-0.2, -0.15) is 0 Å². The van der Waals surface area contributed by atoms with E-state index in [9.17, 15) is 4.79 Å². The molecule has 0 aliphatic heterocycles. The molecule has 0 saturated heterocycles. The Bertz CT molecular complexity index is 1100. The molecule has 124 valence electrons. The van der Waals surface area contributed by atoms with Crippen LogP contribution >= 0.6 is 43.5 Å². The summed E-state index contributed by atoms with van der Waals surface area (Å²) in [5.74, 6) is 0. The van der Waals surface area contributed by atoms with E-state index >= 15 is 0 Å². The zero-order valence-electron chi connectivity index (χ0n) is 12.6. The Hall–Kier alpha value is -1.71. The maximum Gasteiger partial charge on any atom is 0.331 e. The average molecular weight is 475 g/mol. The fraction of sp³-hybridized carbons (Fsp3) is 0.143. The van der Waals surface area contributed by atoms with Crippen LogP contribution in [0.15, 0.2) is 38.5 Å². The quantitative estimate of drug-likeness (QED) is 0.396. The van der Waals surface area contributed by atoms with Crippen LogP contribution in [0.4, 0.5) is 0 Å². The van der Waals surface area contributed by atoms with Crippen LogP contribution in [0, 0.1) is 13.8 Å². The lowest BCUT2D eigenvalue weighted by Crippen LogP contribution is -2.16. The maximum atomic E-state index is 11.3. The summed E-state index contributed by atoms with van der Waals surface area (Å²) in [6, 6.07) is 0. The second-order valence-corrected chi connectivity index (χ2v) is 6.82. The Balaban J connectivity index is 0.000000141. The molecule has 0 amide bonds. The minimum Gasteiger partial charge on any atom is -0.310 e. The number of fused-ring (bicyclic) bond motifs is 2. The molecule has 4 aromatic heterocycles. The van der Waals surface area contributed by atoms with E-state index in [-0.39, 0.29) is 5.69 Å². The largest absolute Gasteiger partial charge is 0.331 e. The van der Waals surface area contributed by atoms with E-state index in [1.807, 2.05) is 13.8 Å². The molecule has 0 aromatic carbocycles. The molecule has 1 N–H and O–H groups in total. The molecule has 7 nitrogen and oxygen atoms in total. The first-order chi connectivity index (χ1) is 11.4. The topological polar surface area (TPSA) is 80.3 Å². The predicted molar refractivity (Wildman–Crippen MR) is 98.7 cm³/mol. The van der Waals surface area contributed by atoms with Crippen LogP contribution in [-0.4, -0.2) is 28.7 Å². The predicted octanol–water partition coefficient (Wildman–Crippen LogP) is 3.55. The number of nitrogens with zero attached hydrogens (tertiary/aromatic N) is 5. The number of aryl methyl sites for hydroxylation is 2. The first-order valence-electron chi connectivity index (χ1n) is 6.76. The molecule has 0 atom stereocenters. The molecule has 4 heterocycles. The van der Waals surface area contributed by atoms with Crippen molar-refractivity contribution in [1.29, 1.82) is 0 Å². The van der Waals surface area contributed by atoms with Crippen molar-refractivity contribution in [2.75, 3.05) is 0 Å². The molecular formula is C14H11Br2ClN6O. The van der Waals surface area contributed by atoms with Crippen LogP contribution in [-0.2, 0) is 0 Å². The van der Waals surface area contributed by atoms with Crippen LogP contribution in [0.1, 0.15) is 11.4 Å². The van der Waals surface area contributed by atoms with Gasteiger partial charge in [0.1, 0.15) is 0 Å². The lowest BCUT2D eigenvalue weighted by atomic mass is 10.4. The van der Waals surface area contributed by atoms with Gasteiger partial charge in [-0.15, -0.1) is 0 Å². The molecule has 0 fully saturated rings. The van der Waals surface area contributed by atoms with Gasteiger partial charge in [0, 0.05) is 30.5 Å². The highest BCUT2D eigenvalue weighted by Gasteiger charge is 2.07. The lowest BCUT2D eigenvalue weighted by molar-refractivity contribution is 0.963. The standard InChI is InChI=1S/C7H5BrClN3.C7H6BrN3O/c1-4-5(8)6-10-2-3-12(6)7(9)11-4;1-4-5(8)6-9-2-3-11(6)7(12)10-4/h2-3H,1H3;2-3H,1H3,(H,10,12). The SMILES string of the molecule is Cc1[nH]c(=O)n2ccnc2c1Br.Cc1nc(Cl)n2ccnc2c1Br. The molecule has 0 spiro atoms. The highest BCUT2D eigenvalue weighted by Crippen LogP contribution is 2.22. The Morgan fingerprint density at radius 3 is 2.29 bits per heavy atom. The van der Waals surface area contributed by atoms with Crippen molar-refractivity contribution in [3.05, 3.63) is 60.9 Å². The summed E-state index contributed by atoms with van der Waals surface area (Å²) in [4.78, 5) is 26.2. The van der Waals surface area contributed by atoms with E-state index < -0.39 is 0 Å². The Morgan fingerprint density at radius 1 is 1.04 bits per heavy atom. The number of imidazole rings is 2. The summed E-state index contributed by atoms with van der Waals surface area (Å²) in [6.07, 6.45) is 6.68. The van der Waals surface area contributed by atoms with Gasteiger partial charge in [0.2, 0.25) is 5.28 Å². The average Bonchev–Trinajstić information content (AvgIpc) is 3.20. The maximum absolute atomic E-state index is 11.3. The minimum absolute atomic E-state index is 0.164. The first kappa shape index (κ1) is 17.1. The summed E-state index contributed by atoms with van der Waals surface area (Å²) in [5.41, 5.74) is 2.92. The van der Waals surface area contributed by atoms with Gasteiger partial charge in [-0.05, 0) is 57.3 Å². The zero-order valence-corrected chi connectivity index (χ0v) is 16.5. The van der Waals surface area contributed by atoms with Gasteiger partial charge in [0.25, 0.3) is 0 Å². The molecule has 0 bridgehead atoms. The summed E-state index contributed by atoms with van der Waals surface area (Å²) in [6.45, 7) is 3.70. The second-order valence-electron chi connectivity index (χ2n) is 4.89. The third kappa shape index (κ3) is 2.99. The monoisotopic (exact) mass is 472 g/mol. The molecular weight excluding hydrogens is 463 g/mol. The molecule has 24 heavy (non-hydrogen) atoms. The Labute approximate surface area is 158 Å². The summed E-state index contributed by atoms with van der Waals surface area (Å²) < 4.78 is 4.89. The Morgan fingerprint density at radius 2 is 1.62 bits per heavy atom. The molecule has 0 radical (unpaired) electrons. The van der Waals surface area contributed by atoms with E-state index in [0.29, 0.717) is 10.9 Å². The summed E-state index contributed by atoms with van der Waals surface area (Å²) >= 11 is 12.6. The molecule has 0 aliphatic rings. The Kier molecular flexibility index (Phi) is 4.75. The first-order valence-corrected chi connectivity index (χ1v) is 8.72. The summed E-state index contributed by atoms with van der Waals surface area (Å²) in [5, 5.41) is 0.434. The number of hydrogen-bond donors (Lipinski definition) is 1. The smallest absolute Gasteiger partial charge is 0.310 e. The van der Waals surface area contributed by atoms with Crippen molar-refractivity contribution in [3.8, 4) is 0 Å². The molecule has 0 saturated carbocycles. The van der Waals surface area contributed by atoms with Gasteiger partial charge in [-0.25, -0.2) is 19.7 Å². The molecule has 10 heteroatoms. The van der Waals surface area contributed by atoms with Crippen LogP contribution in [0.5, 0.6) is 0 Å². The normalized spacial score (nSPS) is 10.9. The van der Waals surface area contributed by atoms with E-state index in [1.54, 1.807) is 29.2 Å². The highest BCUT2D eigenvalue weighted by atomic mass is 79.9. The number of H-pyrrole nitrogens is 1. The third-order valence-corrected chi connectivity index (χ3v) is 5.44. The fourth-order valence-electron chi connectivity index (χ4n) is 2.09. The van der Waals surface area contributed by atoms with Crippen LogP contribution in [0.2, 0.25) is 5.28 Å². The number of rotatable bonds is 0. The fourth-order valence-corrected chi connectivity index (χ4v) is 3.13. The zero-order chi connectivity index (χ0) is 17.4. The third-order valence-electron chi connectivity index (χ3n) is 3.29. The second kappa shape index (κ2) is 6.66. The van der Waals surface area contributed by atoms with E-state index in [1.165, 1.54) is 4.40 Å². The minimum atomic E-state index is -0.164. The van der Waals surface area contributed by atoms with E-state index in [2.05, 4.69) is 51.8 Å². The molecule has 0 aliphatic carbocycles. The van der Waals surface area contributed by atoms with Gasteiger partial charge in [0.05, 0.1) is 14.6 Å². The van der Waals surface area contributed by atoms with E-state index in [0.717, 1.165) is 26.0 Å². The van der Waals surface area contributed by atoms with Crippen molar-refractivity contribution in [2.24, 2.45) is 0 Å². The van der Waals surface area contributed by atoms with Crippen molar-refractivity contribution in [3.63, 3.8) is 0 Å². The number of nitrogens with one attached hydrogen (secondary N) is 1. The van der Waals surface area contributed by atoms with Crippen molar-refractivity contribution in [1.82, 2.24) is 28.7 Å². The van der Waals surface area contributed by atoms with Crippen LogP contribution in [0.3, 0.4) is 0 Å². The van der Waals surface area contributed by atoms with Crippen LogP contribution in [0.25, 0.3) is 11.3 Å². The van der Waals surface area contributed by atoms with Crippen molar-refractivity contribution in [2.45, 2.75) is 13.8 Å². The van der Waals surface area contributed by atoms with Crippen molar-refractivity contribution < 1.29 is 0 Å². The van der Waals surface area contributed by atoms with Gasteiger partial charge < -0.3 is 4.98 Å². The summed E-state index contributed by atoms with van der Waals surface area (Å²) in [7, 11) is 0. The number of halogens is 3. The van der Waals surface area contributed by atoms with Crippen LogP contribution < -0.4 is 5.69 Å². The van der Waals surface area contributed by atoms with Crippen molar-refractivity contribution >= 4 is 54.8 Å². The number of hydrogen-bond acceptors (Lipinski definition) is 4. The molecule has 4 rings (SSSR count). The van der Waals surface area contributed by atoms with Gasteiger partial charge in [-0.1, -0.05) is 0 Å². The van der Waals surface area contributed by atoms with E-state index in [4.69, 9.17) is 11.6 Å². The highest BCUT2D eigenvalue weighted by molar-refractivity contribution is 9.11. The number of aromatic amines is 1. The lowest BCUT2D eigenvalue weighted by Gasteiger charge is -2.01. The molecule has 0 unspecified atom stereocenters. The van der Waals surface area contributed by atoms with Gasteiger partial charge in [-0.3, -0.25) is 8.80 Å². The van der Waals surface area contributed by atoms with Gasteiger partial charge in [0.15, 0.2) is 11.3 Å². The number of aromatic nitrogens is 6.